The van der Waals surface area contributed by atoms with E-state index >= 15 is 0 Å². The molecular formula is C13H11N3O2S. The van der Waals surface area contributed by atoms with Crippen molar-refractivity contribution in [2.75, 3.05) is 12.1 Å². The van der Waals surface area contributed by atoms with Crippen LogP contribution in [-0.2, 0) is 0 Å². The Bertz CT molecular complexity index is 646. The summed E-state index contributed by atoms with van der Waals surface area (Å²) in [5, 5.41) is 3.22. The first-order valence-corrected chi connectivity index (χ1v) is 6.06. The van der Waals surface area contributed by atoms with E-state index in [9.17, 15) is 0 Å². The van der Waals surface area contributed by atoms with Crippen LogP contribution >= 0.6 is 12.2 Å². The van der Waals surface area contributed by atoms with Crippen molar-refractivity contribution >= 4 is 28.6 Å². The fraction of sp³-hybridized carbons (Fsp3) is 0.0769. The molecule has 0 bridgehead atoms. The Morgan fingerprint density at radius 3 is 2.95 bits per heavy atom. The zero-order chi connectivity index (χ0) is 13.2. The molecule has 2 aromatic rings. The van der Waals surface area contributed by atoms with E-state index in [-0.39, 0.29) is 11.8 Å². The molecule has 1 aromatic heterocycles. The SMILES string of the molecule is NC(=S)c1ncccc1Nc1ccc2c(c1)OCO2. The Morgan fingerprint density at radius 2 is 2.11 bits per heavy atom. The van der Waals surface area contributed by atoms with Gasteiger partial charge in [-0.1, -0.05) is 12.2 Å². The minimum atomic E-state index is 0.254. The topological polar surface area (TPSA) is 69.4 Å². The Labute approximate surface area is 115 Å². The summed E-state index contributed by atoms with van der Waals surface area (Å²) >= 11 is 4.98. The summed E-state index contributed by atoms with van der Waals surface area (Å²) in [5.74, 6) is 1.46. The van der Waals surface area contributed by atoms with Crippen LogP contribution < -0.4 is 20.5 Å². The predicted octanol–water partition coefficient (Wildman–Crippen LogP) is 2.19. The van der Waals surface area contributed by atoms with Crippen molar-refractivity contribution in [3.05, 3.63) is 42.2 Å². The molecule has 0 saturated heterocycles. The molecule has 0 saturated carbocycles. The molecule has 1 aromatic carbocycles. The lowest BCUT2D eigenvalue weighted by atomic mass is 10.2. The number of nitrogens with one attached hydrogen (secondary N) is 1. The van der Waals surface area contributed by atoms with Crippen LogP contribution in [0.2, 0.25) is 0 Å². The van der Waals surface area contributed by atoms with Gasteiger partial charge in [0.05, 0.1) is 5.69 Å². The highest BCUT2D eigenvalue weighted by Gasteiger charge is 2.14. The van der Waals surface area contributed by atoms with Crippen molar-refractivity contribution in [2.24, 2.45) is 5.73 Å². The second kappa shape index (κ2) is 4.74. The molecule has 0 amide bonds. The summed E-state index contributed by atoms with van der Waals surface area (Å²) in [6.45, 7) is 0.254. The average Bonchev–Trinajstić information content (AvgIpc) is 2.86. The molecule has 2 heterocycles. The minimum Gasteiger partial charge on any atom is -0.454 e. The molecule has 0 fully saturated rings. The maximum atomic E-state index is 5.64. The van der Waals surface area contributed by atoms with Gasteiger partial charge >= 0.3 is 0 Å². The number of benzene rings is 1. The zero-order valence-corrected chi connectivity index (χ0v) is 10.7. The van der Waals surface area contributed by atoms with Gasteiger partial charge in [-0.3, -0.25) is 4.98 Å². The van der Waals surface area contributed by atoms with Gasteiger partial charge in [0.15, 0.2) is 11.5 Å². The van der Waals surface area contributed by atoms with Crippen molar-refractivity contribution < 1.29 is 9.47 Å². The van der Waals surface area contributed by atoms with Crippen molar-refractivity contribution in [1.82, 2.24) is 4.98 Å². The van der Waals surface area contributed by atoms with E-state index in [0.717, 1.165) is 17.1 Å². The maximum Gasteiger partial charge on any atom is 0.231 e. The molecule has 1 aliphatic rings. The first kappa shape index (κ1) is 11.7. The molecule has 6 heteroatoms. The van der Waals surface area contributed by atoms with Gasteiger partial charge in [0.1, 0.15) is 10.7 Å². The number of hydrogen-bond acceptors (Lipinski definition) is 5. The number of nitrogens with zero attached hydrogens (tertiary/aromatic N) is 1. The van der Waals surface area contributed by atoms with Crippen LogP contribution in [0.1, 0.15) is 5.69 Å². The normalized spacial score (nSPS) is 12.2. The van der Waals surface area contributed by atoms with E-state index < -0.39 is 0 Å². The average molecular weight is 273 g/mol. The standard InChI is InChI=1S/C13H11N3O2S/c14-13(19)12-9(2-1-5-15-12)16-8-3-4-10-11(6-8)18-7-17-10/h1-6,16H,7H2,(H2,14,19). The van der Waals surface area contributed by atoms with Crippen LogP contribution in [0.4, 0.5) is 11.4 Å². The molecule has 1 aliphatic heterocycles. The summed E-state index contributed by atoms with van der Waals surface area (Å²) in [6.07, 6.45) is 1.65. The molecule has 19 heavy (non-hydrogen) atoms. The Hall–Kier alpha value is -2.34. The molecule has 0 radical (unpaired) electrons. The third-order valence-electron chi connectivity index (χ3n) is 2.69. The molecule has 0 unspecified atom stereocenters. The third-order valence-corrected chi connectivity index (χ3v) is 2.89. The fourth-order valence-corrected chi connectivity index (χ4v) is 1.99. The van der Waals surface area contributed by atoms with E-state index in [1.807, 2.05) is 30.3 Å². The van der Waals surface area contributed by atoms with E-state index in [0.29, 0.717) is 11.4 Å². The van der Waals surface area contributed by atoms with Crippen LogP contribution in [0.15, 0.2) is 36.5 Å². The van der Waals surface area contributed by atoms with Gasteiger partial charge in [0.2, 0.25) is 6.79 Å². The summed E-state index contributed by atoms with van der Waals surface area (Å²) in [7, 11) is 0. The van der Waals surface area contributed by atoms with Crippen LogP contribution in [0.25, 0.3) is 0 Å². The fourth-order valence-electron chi connectivity index (χ4n) is 1.83. The second-order valence-electron chi connectivity index (χ2n) is 3.96. The first-order chi connectivity index (χ1) is 9.24. The minimum absolute atomic E-state index is 0.254. The van der Waals surface area contributed by atoms with E-state index in [1.165, 1.54) is 0 Å². The summed E-state index contributed by atoms with van der Waals surface area (Å²) in [5.41, 5.74) is 7.82. The van der Waals surface area contributed by atoms with Crippen LogP contribution in [0.5, 0.6) is 11.5 Å². The van der Waals surface area contributed by atoms with Crippen LogP contribution in [0, 0.1) is 0 Å². The maximum absolute atomic E-state index is 5.64. The number of rotatable bonds is 3. The lowest BCUT2D eigenvalue weighted by molar-refractivity contribution is 0.174. The monoisotopic (exact) mass is 273 g/mol. The Balaban J connectivity index is 1.91. The van der Waals surface area contributed by atoms with Crippen LogP contribution in [-0.4, -0.2) is 16.8 Å². The summed E-state index contributed by atoms with van der Waals surface area (Å²) in [4.78, 5) is 4.42. The summed E-state index contributed by atoms with van der Waals surface area (Å²) < 4.78 is 10.6. The number of hydrogen-bond donors (Lipinski definition) is 2. The van der Waals surface area contributed by atoms with Crippen molar-refractivity contribution in [2.45, 2.75) is 0 Å². The molecule has 3 rings (SSSR count). The molecule has 0 aliphatic carbocycles. The van der Waals surface area contributed by atoms with Gasteiger partial charge in [-0.15, -0.1) is 0 Å². The van der Waals surface area contributed by atoms with Gasteiger partial charge in [-0.2, -0.15) is 0 Å². The molecule has 0 spiro atoms. The number of ether oxygens (including phenoxy) is 2. The number of anilines is 2. The molecule has 3 N–H and O–H groups in total. The highest BCUT2D eigenvalue weighted by Crippen LogP contribution is 2.35. The molecule has 5 nitrogen and oxygen atoms in total. The first-order valence-electron chi connectivity index (χ1n) is 5.65. The smallest absolute Gasteiger partial charge is 0.231 e. The Morgan fingerprint density at radius 1 is 1.26 bits per heavy atom. The second-order valence-corrected chi connectivity index (χ2v) is 4.40. The number of aromatic nitrogens is 1. The number of pyridine rings is 1. The third kappa shape index (κ3) is 2.30. The highest BCUT2D eigenvalue weighted by atomic mass is 32.1. The lowest BCUT2D eigenvalue weighted by Gasteiger charge is -2.10. The quantitative estimate of drug-likeness (QED) is 0.835. The van der Waals surface area contributed by atoms with Crippen molar-refractivity contribution in [3.8, 4) is 11.5 Å². The van der Waals surface area contributed by atoms with Gasteiger partial charge in [0.25, 0.3) is 0 Å². The van der Waals surface area contributed by atoms with E-state index in [4.69, 9.17) is 27.4 Å². The lowest BCUT2D eigenvalue weighted by Crippen LogP contribution is -2.13. The van der Waals surface area contributed by atoms with Gasteiger partial charge in [-0.25, -0.2) is 0 Å². The van der Waals surface area contributed by atoms with Crippen LogP contribution in [0.3, 0.4) is 0 Å². The number of nitrogens with two attached hydrogens (primary N) is 1. The Kier molecular flexibility index (Phi) is 2.92. The molecular weight excluding hydrogens is 262 g/mol. The van der Waals surface area contributed by atoms with E-state index in [2.05, 4.69) is 10.3 Å². The predicted molar refractivity (Wildman–Crippen MR) is 76.0 cm³/mol. The van der Waals surface area contributed by atoms with E-state index in [1.54, 1.807) is 6.20 Å². The zero-order valence-electron chi connectivity index (χ0n) is 9.92. The van der Waals surface area contributed by atoms with Crippen molar-refractivity contribution in [3.63, 3.8) is 0 Å². The number of fused-ring (bicyclic) bond motifs is 1. The molecule has 96 valence electrons. The highest BCUT2D eigenvalue weighted by molar-refractivity contribution is 7.80. The number of thiocarbonyl (C=S) groups is 1. The molecule has 0 atom stereocenters. The van der Waals surface area contributed by atoms with Gasteiger partial charge in [-0.05, 0) is 24.3 Å². The summed E-state index contributed by atoms with van der Waals surface area (Å²) in [6, 6.07) is 9.28. The largest absolute Gasteiger partial charge is 0.454 e. The van der Waals surface area contributed by atoms with Gasteiger partial charge in [0, 0.05) is 18.0 Å². The van der Waals surface area contributed by atoms with Gasteiger partial charge < -0.3 is 20.5 Å². The van der Waals surface area contributed by atoms with Crippen molar-refractivity contribution in [1.29, 1.82) is 0 Å².